The lowest BCUT2D eigenvalue weighted by molar-refractivity contribution is 0.318. The third kappa shape index (κ3) is 6.06. The standard InChI is InChI=1S/C13H19ClIN/c1-16(10-4-2-3-9-14)11-12-5-7-13(15)8-6-12/h5-8H,2-4,9-11H2,1H3. The molecule has 1 rings (SSSR count). The Morgan fingerprint density at radius 3 is 2.44 bits per heavy atom. The fraction of sp³-hybridized carbons (Fsp3) is 0.538. The minimum absolute atomic E-state index is 0.792. The SMILES string of the molecule is CN(CCCCCCl)Cc1ccc(I)cc1. The first-order valence-electron chi connectivity index (χ1n) is 5.71. The van der Waals surface area contributed by atoms with Crippen molar-refractivity contribution in [1.29, 1.82) is 0 Å². The molecule has 0 bridgehead atoms. The normalized spacial score (nSPS) is 11.0. The molecule has 0 aromatic heterocycles. The largest absolute Gasteiger partial charge is 0.302 e. The Morgan fingerprint density at radius 2 is 1.81 bits per heavy atom. The molecule has 3 heteroatoms. The van der Waals surface area contributed by atoms with Crippen LogP contribution in [-0.4, -0.2) is 24.4 Å². The topological polar surface area (TPSA) is 3.24 Å². The summed E-state index contributed by atoms with van der Waals surface area (Å²) in [6.07, 6.45) is 3.62. The first kappa shape index (κ1) is 14.3. The lowest BCUT2D eigenvalue weighted by Crippen LogP contribution is -2.19. The number of hydrogen-bond donors (Lipinski definition) is 0. The number of hydrogen-bond acceptors (Lipinski definition) is 1. The summed E-state index contributed by atoms with van der Waals surface area (Å²) in [5.74, 6) is 0.792. The summed E-state index contributed by atoms with van der Waals surface area (Å²) in [7, 11) is 2.18. The third-order valence-corrected chi connectivity index (χ3v) is 3.53. The highest BCUT2D eigenvalue weighted by Gasteiger charge is 2.00. The molecule has 90 valence electrons. The predicted octanol–water partition coefficient (Wildman–Crippen LogP) is 4.13. The highest BCUT2D eigenvalue weighted by molar-refractivity contribution is 14.1. The van der Waals surface area contributed by atoms with Crippen molar-refractivity contribution >= 4 is 34.2 Å². The van der Waals surface area contributed by atoms with E-state index in [-0.39, 0.29) is 0 Å². The smallest absolute Gasteiger partial charge is 0.0230 e. The summed E-state index contributed by atoms with van der Waals surface area (Å²) >= 11 is 7.98. The molecule has 0 aliphatic rings. The Bertz CT molecular complexity index is 286. The average molecular weight is 352 g/mol. The second-order valence-corrected chi connectivity index (χ2v) is 5.74. The van der Waals surface area contributed by atoms with Gasteiger partial charge in [0.05, 0.1) is 0 Å². The molecule has 0 aliphatic carbocycles. The molecule has 0 saturated carbocycles. The van der Waals surface area contributed by atoms with Gasteiger partial charge in [-0.3, -0.25) is 0 Å². The van der Waals surface area contributed by atoms with Gasteiger partial charge in [-0.15, -0.1) is 11.6 Å². The van der Waals surface area contributed by atoms with Crippen molar-refractivity contribution in [2.24, 2.45) is 0 Å². The molecule has 0 unspecified atom stereocenters. The number of alkyl halides is 1. The summed E-state index contributed by atoms with van der Waals surface area (Å²) in [4.78, 5) is 2.37. The minimum atomic E-state index is 0.792. The highest BCUT2D eigenvalue weighted by atomic mass is 127. The molecule has 1 aromatic carbocycles. The van der Waals surface area contributed by atoms with E-state index in [1.807, 2.05) is 0 Å². The van der Waals surface area contributed by atoms with Crippen molar-refractivity contribution in [2.75, 3.05) is 19.5 Å². The first-order chi connectivity index (χ1) is 7.72. The molecule has 0 heterocycles. The zero-order valence-corrected chi connectivity index (χ0v) is 12.7. The van der Waals surface area contributed by atoms with E-state index >= 15 is 0 Å². The summed E-state index contributed by atoms with van der Waals surface area (Å²) in [5.41, 5.74) is 1.39. The molecule has 0 fully saturated rings. The molecule has 1 nitrogen and oxygen atoms in total. The summed E-state index contributed by atoms with van der Waals surface area (Å²) in [5, 5.41) is 0. The van der Waals surface area contributed by atoms with Crippen LogP contribution in [0.4, 0.5) is 0 Å². The van der Waals surface area contributed by atoms with Gasteiger partial charge in [-0.2, -0.15) is 0 Å². The number of unbranched alkanes of at least 4 members (excludes halogenated alkanes) is 2. The van der Waals surface area contributed by atoms with E-state index in [4.69, 9.17) is 11.6 Å². The number of nitrogens with zero attached hydrogens (tertiary/aromatic N) is 1. The number of halogens is 2. The van der Waals surface area contributed by atoms with Crippen molar-refractivity contribution in [2.45, 2.75) is 25.8 Å². The van der Waals surface area contributed by atoms with Gasteiger partial charge in [-0.25, -0.2) is 0 Å². The average Bonchev–Trinajstić information content (AvgIpc) is 2.28. The fourth-order valence-electron chi connectivity index (χ4n) is 1.63. The Morgan fingerprint density at radius 1 is 1.12 bits per heavy atom. The molecule has 0 N–H and O–H groups in total. The highest BCUT2D eigenvalue weighted by Crippen LogP contribution is 2.09. The second-order valence-electron chi connectivity index (χ2n) is 4.11. The van der Waals surface area contributed by atoms with Gasteiger partial charge in [0, 0.05) is 16.0 Å². The van der Waals surface area contributed by atoms with E-state index in [0.717, 1.165) is 25.4 Å². The van der Waals surface area contributed by atoms with Gasteiger partial charge in [-0.1, -0.05) is 18.6 Å². The lowest BCUT2D eigenvalue weighted by Gasteiger charge is -2.16. The molecule has 0 saturated heterocycles. The van der Waals surface area contributed by atoms with Crippen LogP contribution < -0.4 is 0 Å². The molecule has 0 aliphatic heterocycles. The van der Waals surface area contributed by atoms with Gasteiger partial charge in [-0.05, 0) is 66.7 Å². The number of rotatable bonds is 7. The first-order valence-corrected chi connectivity index (χ1v) is 7.32. The van der Waals surface area contributed by atoms with Crippen LogP contribution in [0.2, 0.25) is 0 Å². The Balaban J connectivity index is 2.23. The maximum atomic E-state index is 5.65. The summed E-state index contributed by atoms with van der Waals surface area (Å²) in [6.45, 7) is 2.20. The van der Waals surface area contributed by atoms with Gasteiger partial charge >= 0.3 is 0 Å². The van der Waals surface area contributed by atoms with Gasteiger partial charge < -0.3 is 4.90 Å². The van der Waals surface area contributed by atoms with Gasteiger partial charge in [0.15, 0.2) is 0 Å². The summed E-state index contributed by atoms with van der Waals surface area (Å²) in [6, 6.07) is 8.74. The van der Waals surface area contributed by atoms with Gasteiger partial charge in [0.25, 0.3) is 0 Å². The molecule has 0 spiro atoms. The van der Waals surface area contributed by atoms with Crippen molar-refractivity contribution in [3.05, 3.63) is 33.4 Å². The monoisotopic (exact) mass is 351 g/mol. The van der Waals surface area contributed by atoms with Gasteiger partial charge in [0.2, 0.25) is 0 Å². The van der Waals surface area contributed by atoms with Crippen LogP contribution in [0.25, 0.3) is 0 Å². The quantitative estimate of drug-likeness (QED) is 0.405. The Hall–Kier alpha value is 0.200. The van der Waals surface area contributed by atoms with Crippen LogP contribution in [-0.2, 0) is 6.54 Å². The van der Waals surface area contributed by atoms with Crippen LogP contribution in [0.1, 0.15) is 24.8 Å². The van der Waals surface area contributed by atoms with E-state index in [1.165, 1.54) is 22.0 Å². The third-order valence-electron chi connectivity index (χ3n) is 2.54. The number of benzene rings is 1. The van der Waals surface area contributed by atoms with E-state index in [9.17, 15) is 0 Å². The Kier molecular flexibility index (Phi) is 7.41. The maximum absolute atomic E-state index is 5.65. The molecule has 0 atom stereocenters. The van der Waals surface area contributed by atoms with Crippen LogP contribution >= 0.6 is 34.2 Å². The van der Waals surface area contributed by atoms with Crippen LogP contribution in [0.15, 0.2) is 24.3 Å². The predicted molar refractivity (Wildman–Crippen MR) is 80.1 cm³/mol. The molecular weight excluding hydrogens is 333 g/mol. The molecule has 0 radical (unpaired) electrons. The fourth-order valence-corrected chi connectivity index (χ4v) is 2.18. The molecule has 1 aromatic rings. The Labute approximate surface area is 117 Å². The van der Waals surface area contributed by atoms with Crippen molar-refractivity contribution in [3.63, 3.8) is 0 Å². The van der Waals surface area contributed by atoms with Crippen LogP contribution in [0.5, 0.6) is 0 Å². The molecular formula is C13H19ClIN. The molecule has 16 heavy (non-hydrogen) atoms. The lowest BCUT2D eigenvalue weighted by atomic mass is 10.2. The van der Waals surface area contributed by atoms with Crippen LogP contribution in [0.3, 0.4) is 0 Å². The van der Waals surface area contributed by atoms with Crippen molar-refractivity contribution < 1.29 is 0 Å². The second kappa shape index (κ2) is 8.31. The minimum Gasteiger partial charge on any atom is -0.302 e. The van der Waals surface area contributed by atoms with E-state index in [2.05, 4.69) is 58.8 Å². The van der Waals surface area contributed by atoms with Crippen LogP contribution in [0, 0.1) is 3.57 Å². The summed E-state index contributed by atoms with van der Waals surface area (Å²) < 4.78 is 1.30. The van der Waals surface area contributed by atoms with E-state index < -0.39 is 0 Å². The zero-order valence-electron chi connectivity index (χ0n) is 9.76. The maximum Gasteiger partial charge on any atom is 0.0230 e. The zero-order chi connectivity index (χ0) is 11.8. The van der Waals surface area contributed by atoms with Gasteiger partial charge in [0.1, 0.15) is 0 Å². The van der Waals surface area contributed by atoms with E-state index in [0.29, 0.717) is 0 Å². The molecule has 0 amide bonds. The van der Waals surface area contributed by atoms with Crippen molar-refractivity contribution in [1.82, 2.24) is 4.90 Å². The van der Waals surface area contributed by atoms with E-state index in [1.54, 1.807) is 0 Å². The van der Waals surface area contributed by atoms with Crippen molar-refractivity contribution in [3.8, 4) is 0 Å².